The van der Waals surface area contributed by atoms with Gasteiger partial charge in [0.25, 0.3) is 5.91 Å². The molecule has 1 fully saturated rings. The number of amides is 1. The summed E-state index contributed by atoms with van der Waals surface area (Å²) in [6.45, 7) is 4.86. The van der Waals surface area contributed by atoms with Gasteiger partial charge in [-0.25, -0.2) is 4.98 Å². The Kier molecular flexibility index (Phi) is 6.70. The summed E-state index contributed by atoms with van der Waals surface area (Å²) in [6, 6.07) is 20.5. The molecular formula is C28H30N6O. The number of pyridine rings is 1. The SMILES string of the molecule is CN[C@H]1CCN(Cc2cc(NC(=O)c3cc(-c4ccccc4)ccn3)cc(-n3cnc(C)c3)c2)C1. The molecule has 1 aliphatic heterocycles. The van der Waals surface area contributed by atoms with Gasteiger partial charge in [-0.05, 0) is 67.4 Å². The van der Waals surface area contributed by atoms with Crippen LogP contribution in [0.1, 0.15) is 28.2 Å². The van der Waals surface area contributed by atoms with Crippen LogP contribution >= 0.6 is 0 Å². The quantitative estimate of drug-likeness (QED) is 0.425. The molecular weight excluding hydrogens is 436 g/mol. The second-order valence-electron chi connectivity index (χ2n) is 9.07. The maximum atomic E-state index is 13.2. The summed E-state index contributed by atoms with van der Waals surface area (Å²) in [5.41, 5.74) is 6.19. The monoisotopic (exact) mass is 466 g/mol. The molecule has 5 rings (SSSR count). The molecule has 7 nitrogen and oxygen atoms in total. The summed E-state index contributed by atoms with van der Waals surface area (Å²) in [5, 5.41) is 6.45. The Balaban J connectivity index is 1.41. The number of rotatable bonds is 7. The number of anilines is 1. The summed E-state index contributed by atoms with van der Waals surface area (Å²) in [7, 11) is 2.02. The largest absolute Gasteiger partial charge is 0.321 e. The summed E-state index contributed by atoms with van der Waals surface area (Å²) < 4.78 is 1.99. The number of nitrogens with one attached hydrogen (secondary N) is 2. The fourth-order valence-electron chi connectivity index (χ4n) is 4.58. The predicted molar refractivity (Wildman–Crippen MR) is 139 cm³/mol. The molecule has 1 aliphatic rings. The van der Waals surface area contributed by atoms with Crippen molar-refractivity contribution in [2.75, 3.05) is 25.5 Å². The van der Waals surface area contributed by atoms with Gasteiger partial charge in [0, 0.05) is 49.4 Å². The number of nitrogens with zero attached hydrogens (tertiary/aromatic N) is 4. The third-order valence-electron chi connectivity index (χ3n) is 6.43. The Morgan fingerprint density at radius 2 is 1.91 bits per heavy atom. The van der Waals surface area contributed by atoms with Crippen LogP contribution in [0.25, 0.3) is 16.8 Å². The van der Waals surface area contributed by atoms with Gasteiger partial charge in [0.05, 0.1) is 12.0 Å². The lowest BCUT2D eigenvalue weighted by atomic mass is 10.1. The highest BCUT2D eigenvalue weighted by molar-refractivity contribution is 6.03. The second-order valence-corrected chi connectivity index (χ2v) is 9.07. The van der Waals surface area contributed by atoms with Gasteiger partial charge in [0.1, 0.15) is 5.69 Å². The Bertz CT molecular complexity index is 1320. The number of aryl methyl sites for hydroxylation is 1. The van der Waals surface area contributed by atoms with Crippen molar-refractivity contribution in [2.45, 2.75) is 25.9 Å². The first kappa shape index (κ1) is 23.0. The maximum Gasteiger partial charge on any atom is 0.274 e. The Labute approximate surface area is 205 Å². The smallest absolute Gasteiger partial charge is 0.274 e. The topological polar surface area (TPSA) is 75.1 Å². The van der Waals surface area contributed by atoms with E-state index in [1.165, 1.54) is 0 Å². The van der Waals surface area contributed by atoms with E-state index in [2.05, 4.69) is 37.6 Å². The molecule has 178 valence electrons. The fraction of sp³-hybridized carbons (Fsp3) is 0.250. The first-order valence-electron chi connectivity index (χ1n) is 11.9. The first-order chi connectivity index (χ1) is 17.1. The number of likely N-dealkylation sites (N-methyl/N-ethyl adjacent to an activating group) is 1. The number of imidazole rings is 1. The summed E-state index contributed by atoms with van der Waals surface area (Å²) >= 11 is 0. The van der Waals surface area contributed by atoms with Gasteiger partial charge in [0.15, 0.2) is 0 Å². The number of hydrogen-bond acceptors (Lipinski definition) is 5. The van der Waals surface area contributed by atoms with Crippen LogP contribution in [0.4, 0.5) is 5.69 Å². The van der Waals surface area contributed by atoms with E-state index in [0.717, 1.165) is 59.8 Å². The summed E-state index contributed by atoms with van der Waals surface area (Å²) in [4.78, 5) is 24.3. The van der Waals surface area contributed by atoms with E-state index in [-0.39, 0.29) is 5.91 Å². The van der Waals surface area contributed by atoms with Gasteiger partial charge in [0.2, 0.25) is 0 Å². The molecule has 1 saturated heterocycles. The lowest BCUT2D eigenvalue weighted by molar-refractivity contribution is 0.102. The van der Waals surface area contributed by atoms with E-state index in [4.69, 9.17) is 0 Å². The van der Waals surface area contributed by atoms with E-state index >= 15 is 0 Å². The molecule has 7 heteroatoms. The molecule has 35 heavy (non-hydrogen) atoms. The van der Waals surface area contributed by atoms with Gasteiger partial charge in [-0.3, -0.25) is 14.7 Å². The minimum atomic E-state index is -0.232. The molecule has 0 unspecified atom stereocenters. The van der Waals surface area contributed by atoms with Gasteiger partial charge < -0.3 is 15.2 Å². The molecule has 2 aromatic heterocycles. The summed E-state index contributed by atoms with van der Waals surface area (Å²) in [6.07, 6.45) is 6.61. The molecule has 2 aromatic carbocycles. The number of carbonyl (C=O) groups excluding carboxylic acids is 1. The van der Waals surface area contributed by atoms with Crippen molar-refractivity contribution in [1.82, 2.24) is 24.8 Å². The fourth-order valence-corrected chi connectivity index (χ4v) is 4.58. The van der Waals surface area contributed by atoms with E-state index in [1.54, 1.807) is 12.5 Å². The minimum absolute atomic E-state index is 0.232. The molecule has 0 spiro atoms. The van der Waals surface area contributed by atoms with E-state index < -0.39 is 0 Å². The molecule has 0 aliphatic carbocycles. The van der Waals surface area contributed by atoms with Gasteiger partial charge in [-0.15, -0.1) is 0 Å². The van der Waals surface area contributed by atoms with E-state index in [0.29, 0.717) is 11.7 Å². The zero-order valence-electron chi connectivity index (χ0n) is 20.1. The predicted octanol–water partition coefficient (Wildman–Crippen LogP) is 4.29. The summed E-state index contributed by atoms with van der Waals surface area (Å²) in [5.74, 6) is -0.232. The third-order valence-corrected chi connectivity index (χ3v) is 6.43. The first-order valence-corrected chi connectivity index (χ1v) is 11.9. The van der Waals surface area contributed by atoms with Crippen LogP contribution in [-0.4, -0.2) is 51.5 Å². The highest BCUT2D eigenvalue weighted by Crippen LogP contribution is 2.23. The molecule has 3 heterocycles. The Morgan fingerprint density at radius 1 is 1.06 bits per heavy atom. The normalized spacial score (nSPS) is 15.9. The zero-order valence-corrected chi connectivity index (χ0v) is 20.1. The van der Waals surface area contributed by atoms with Crippen molar-refractivity contribution < 1.29 is 4.79 Å². The van der Waals surface area contributed by atoms with Crippen LogP contribution in [0.2, 0.25) is 0 Å². The van der Waals surface area contributed by atoms with Crippen molar-refractivity contribution in [3.63, 3.8) is 0 Å². The van der Waals surface area contributed by atoms with Crippen molar-refractivity contribution >= 4 is 11.6 Å². The maximum absolute atomic E-state index is 13.2. The highest BCUT2D eigenvalue weighted by atomic mass is 16.1. The average Bonchev–Trinajstić information content (AvgIpc) is 3.53. The van der Waals surface area contributed by atoms with Crippen LogP contribution < -0.4 is 10.6 Å². The Hall–Kier alpha value is -3.81. The van der Waals surface area contributed by atoms with Crippen LogP contribution in [0, 0.1) is 6.92 Å². The van der Waals surface area contributed by atoms with Crippen LogP contribution in [-0.2, 0) is 6.54 Å². The minimum Gasteiger partial charge on any atom is -0.321 e. The standard InChI is InChI=1S/C28H30N6O/c1-20-16-34(19-31-20)26-13-21(17-33-11-9-24(18-33)29-2)12-25(15-26)32-28(35)27-14-23(8-10-30-27)22-6-4-3-5-7-22/h3-8,10,12-16,19,24,29H,9,11,17-18H2,1-2H3,(H,32,35)/t24-/m0/s1. The highest BCUT2D eigenvalue weighted by Gasteiger charge is 2.21. The molecule has 0 bridgehead atoms. The van der Waals surface area contributed by atoms with E-state index in [9.17, 15) is 4.79 Å². The van der Waals surface area contributed by atoms with Gasteiger partial charge in [-0.1, -0.05) is 30.3 Å². The van der Waals surface area contributed by atoms with Crippen LogP contribution in [0.5, 0.6) is 0 Å². The lowest BCUT2D eigenvalue weighted by Crippen LogP contribution is -2.29. The molecule has 2 N–H and O–H groups in total. The van der Waals surface area contributed by atoms with E-state index in [1.807, 2.05) is 73.3 Å². The van der Waals surface area contributed by atoms with Gasteiger partial charge in [-0.2, -0.15) is 0 Å². The number of benzene rings is 2. The van der Waals surface area contributed by atoms with Crippen LogP contribution in [0.15, 0.2) is 79.4 Å². The third kappa shape index (κ3) is 5.48. The molecule has 1 atom stereocenters. The number of hydrogen-bond donors (Lipinski definition) is 2. The zero-order chi connectivity index (χ0) is 24.2. The Morgan fingerprint density at radius 3 is 2.66 bits per heavy atom. The average molecular weight is 467 g/mol. The number of aromatic nitrogens is 3. The second kappa shape index (κ2) is 10.2. The molecule has 0 radical (unpaired) electrons. The number of carbonyl (C=O) groups is 1. The van der Waals surface area contributed by atoms with Crippen LogP contribution in [0.3, 0.4) is 0 Å². The molecule has 4 aromatic rings. The molecule has 1 amide bonds. The van der Waals surface area contributed by atoms with Crippen molar-refractivity contribution in [1.29, 1.82) is 0 Å². The lowest BCUT2D eigenvalue weighted by Gasteiger charge is -2.18. The number of likely N-dealkylation sites (tertiary alicyclic amines) is 1. The van der Waals surface area contributed by atoms with Crippen molar-refractivity contribution in [3.05, 3.63) is 96.3 Å². The van der Waals surface area contributed by atoms with Gasteiger partial charge >= 0.3 is 0 Å². The van der Waals surface area contributed by atoms with Crippen molar-refractivity contribution in [3.8, 4) is 16.8 Å². The molecule has 0 saturated carbocycles. The van der Waals surface area contributed by atoms with Crippen molar-refractivity contribution in [2.24, 2.45) is 0 Å².